The number of halogens is 1. The van der Waals surface area contributed by atoms with Gasteiger partial charge in [0.2, 0.25) is 0 Å². The van der Waals surface area contributed by atoms with Crippen LogP contribution in [0.3, 0.4) is 0 Å². The number of hydrogen-bond donors (Lipinski definition) is 1. The zero-order valence-corrected chi connectivity index (χ0v) is 11.4. The minimum atomic E-state index is -0.689. The van der Waals surface area contributed by atoms with Crippen molar-refractivity contribution >= 4 is 28.9 Å². The molecule has 0 bridgehead atoms. The molecule has 0 radical (unpaired) electrons. The van der Waals surface area contributed by atoms with E-state index in [4.69, 9.17) is 11.6 Å². The van der Waals surface area contributed by atoms with Gasteiger partial charge in [0.1, 0.15) is 0 Å². The first-order valence-corrected chi connectivity index (χ1v) is 6.89. The molecular weight excluding hydrogens is 258 g/mol. The predicted molar refractivity (Wildman–Crippen MR) is 69.6 cm³/mol. The van der Waals surface area contributed by atoms with Gasteiger partial charge in [-0.05, 0) is 38.4 Å². The fraction of sp³-hybridized carbons (Fsp3) is 0.583. The summed E-state index contributed by atoms with van der Waals surface area (Å²) in [6, 6.07) is 3.90. The highest BCUT2D eigenvalue weighted by Crippen LogP contribution is 2.31. The maximum atomic E-state index is 11.2. The van der Waals surface area contributed by atoms with E-state index in [0.29, 0.717) is 6.54 Å². The van der Waals surface area contributed by atoms with Crippen molar-refractivity contribution in [2.45, 2.75) is 26.3 Å². The Morgan fingerprint density at radius 2 is 2.41 bits per heavy atom. The van der Waals surface area contributed by atoms with Crippen LogP contribution in [0.2, 0.25) is 4.34 Å². The largest absolute Gasteiger partial charge is 0.481 e. The highest BCUT2D eigenvalue weighted by atomic mass is 35.5. The number of nitrogens with zero attached hydrogens (tertiary/aromatic N) is 1. The summed E-state index contributed by atoms with van der Waals surface area (Å²) in [5.41, 5.74) is -0.598. The first kappa shape index (κ1) is 12.9. The van der Waals surface area contributed by atoms with E-state index in [2.05, 4.69) is 4.90 Å². The van der Waals surface area contributed by atoms with E-state index in [1.807, 2.05) is 19.1 Å². The third-order valence-electron chi connectivity index (χ3n) is 3.30. The number of piperidine rings is 1. The molecule has 2 rings (SSSR count). The molecule has 0 amide bonds. The maximum absolute atomic E-state index is 11.2. The van der Waals surface area contributed by atoms with Crippen LogP contribution < -0.4 is 0 Å². The van der Waals surface area contributed by atoms with Crippen LogP contribution in [-0.4, -0.2) is 29.1 Å². The third-order valence-corrected chi connectivity index (χ3v) is 4.52. The number of hydrogen-bond acceptors (Lipinski definition) is 3. The Balaban J connectivity index is 2.00. The van der Waals surface area contributed by atoms with Gasteiger partial charge in [-0.15, -0.1) is 11.3 Å². The molecule has 1 aromatic heterocycles. The predicted octanol–water partition coefficient (Wildman–Crippen LogP) is 3.09. The van der Waals surface area contributed by atoms with E-state index in [1.165, 1.54) is 4.88 Å². The molecule has 1 unspecified atom stereocenters. The molecule has 1 aromatic rings. The van der Waals surface area contributed by atoms with Gasteiger partial charge < -0.3 is 5.11 Å². The number of rotatable bonds is 3. The monoisotopic (exact) mass is 273 g/mol. The smallest absolute Gasteiger partial charge is 0.310 e. The van der Waals surface area contributed by atoms with Gasteiger partial charge >= 0.3 is 5.97 Å². The minimum Gasteiger partial charge on any atom is -0.481 e. The summed E-state index contributed by atoms with van der Waals surface area (Å²) in [7, 11) is 0. The normalized spacial score (nSPS) is 26.0. The lowest BCUT2D eigenvalue weighted by molar-refractivity contribution is -0.151. The van der Waals surface area contributed by atoms with Gasteiger partial charge in [-0.1, -0.05) is 11.6 Å². The van der Waals surface area contributed by atoms with Crippen LogP contribution in [-0.2, 0) is 11.3 Å². The highest BCUT2D eigenvalue weighted by molar-refractivity contribution is 7.16. The number of likely N-dealkylation sites (tertiary alicyclic amines) is 1. The molecule has 1 aliphatic rings. The minimum absolute atomic E-state index is 0.598. The van der Waals surface area contributed by atoms with Gasteiger partial charge in [0, 0.05) is 18.0 Å². The third kappa shape index (κ3) is 3.00. The fourth-order valence-corrected chi connectivity index (χ4v) is 3.44. The highest BCUT2D eigenvalue weighted by Gasteiger charge is 2.37. The van der Waals surface area contributed by atoms with Crippen LogP contribution >= 0.6 is 22.9 Å². The lowest BCUT2D eigenvalue weighted by Crippen LogP contribution is -2.45. The van der Waals surface area contributed by atoms with Gasteiger partial charge in [0.15, 0.2) is 0 Å². The second-order valence-electron chi connectivity index (χ2n) is 4.89. The lowest BCUT2D eigenvalue weighted by Gasteiger charge is -2.37. The summed E-state index contributed by atoms with van der Waals surface area (Å²) >= 11 is 7.46. The summed E-state index contributed by atoms with van der Waals surface area (Å²) in [5.74, 6) is -0.689. The number of carboxylic acid groups (broad SMARTS) is 1. The second-order valence-corrected chi connectivity index (χ2v) is 6.69. The molecule has 1 aliphatic heterocycles. The molecule has 1 N–H and O–H groups in total. The summed E-state index contributed by atoms with van der Waals surface area (Å²) in [6.45, 7) is 4.24. The van der Waals surface area contributed by atoms with E-state index in [1.54, 1.807) is 11.3 Å². The Bertz CT molecular complexity index is 420. The van der Waals surface area contributed by atoms with E-state index in [-0.39, 0.29) is 0 Å². The van der Waals surface area contributed by atoms with Gasteiger partial charge in [-0.3, -0.25) is 9.69 Å². The molecule has 2 heterocycles. The van der Waals surface area contributed by atoms with Crippen LogP contribution in [0.5, 0.6) is 0 Å². The zero-order chi connectivity index (χ0) is 12.5. The molecule has 5 heteroatoms. The van der Waals surface area contributed by atoms with Crippen molar-refractivity contribution in [3.63, 3.8) is 0 Å². The number of carboxylic acids is 1. The van der Waals surface area contributed by atoms with E-state index >= 15 is 0 Å². The molecule has 0 aromatic carbocycles. The number of aliphatic carboxylic acids is 1. The first-order chi connectivity index (χ1) is 7.99. The standard InChI is InChI=1S/C12H16ClNO2S/c1-12(11(15)16)5-2-6-14(8-12)7-9-3-4-10(13)17-9/h3-4H,2,5-8H2,1H3,(H,15,16). The van der Waals surface area contributed by atoms with Gasteiger partial charge in [0.25, 0.3) is 0 Å². The molecule has 94 valence electrons. The average Bonchev–Trinajstić information content (AvgIpc) is 2.64. The molecule has 0 spiro atoms. The van der Waals surface area contributed by atoms with Crippen molar-refractivity contribution in [2.75, 3.05) is 13.1 Å². The fourth-order valence-electron chi connectivity index (χ4n) is 2.31. The molecule has 0 saturated carbocycles. The topological polar surface area (TPSA) is 40.5 Å². The summed E-state index contributed by atoms with van der Waals surface area (Å²) < 4.78 is 0.790. The Morgan fingerprint density at radius 1 is 1.65 bits per heavy atom. The van der Waals surface area contributed by atoms with Crippen molar-refractivity contribution in [1.82, 2.24) is 4.90 Å². The van der Waals surface area contributed by atoms with Crippen LogP contribution in [0.25, 0.3) is 0 Å². The average molecular weight is 274 g/mol. The summed E-state index contributed by atoms with van der Waals surface area (Å²) in [4.78, 5) is 14.6. The van der Waals surface area contributed by atoms with E-state index < -0.39 is 11.4 Å². The maximum Gasteiger partial charge on any atom is 0.310 e. The Morgan fingerprint density at radius 3 is 3.00 bits per heavy atom. The van der Waals surface area contributed by atoms with Crippen molar-refractivity contribution in [2.24, 2.45) is 5.41 Å². The van der Waals surface area contributed by atoms with Gasteiger partial charge in [-0.2, -0.15) is 0 Å². The van der Waals surface area contributed by atoms with Crippen molar-refractivity contribution < 1.29 is 9.90 Å². The van der Waals surface area contributed by atoms with E-state index in [9.17, 15) is 9.90 Å². The van der Waals surface area contributed by atoms with Crippen LogP contribution in [0.15, 0.2) is 12.1 Å². The van der Waals surface area contributed by atoms with Gasteiger partial charge in [-0.25, -0.2) is 0 Å². The molecular formula is C12H16ClNO2S. The Kier molecular flexibility index (Phi) is 3.76. The number of thiophene rings is 1. The van der Waals surface area contributed by atoms with Crippen LogP contribution in [0.4, 0.5) is 0 Å². The first-order valence-electron chi connectivity index (χ1n) is 5.69. The Hall–Kier alpha value is -0.580. The van der Waals surface area contributed by atoms with Crippen LogP contribution in [0.1, 0.15) is 24.6 Å². The second kappa shape index (κ2) is 4.96. The lowest BCUT2D eigenvalue weighted by atomic mass is 9.82. The summed E-state index contributed by atoms with van der Waals surface area (Å²) in [5, 5.41) is 9.24. The summed E-state index contributed by atoms with van der Waals surface area (Å²) in [6.07, 6.45) is 1.71. The quantitative estimate of drug-likeness (QED) is 0.920. The molecule has 0 aliphatic carbocycles. The molecule has 1 fully saturated rings. The number of carbonyl (C=O) groups is 1. The zero-order valence-electron chi connectivity index (χ0n) is 9.78. The van der Waals surface area contributed by atoms with E-state index in [0.717, 1.165) is 30.3 Å². The van der Waals surface area contributed by atoms with Crippen LogP contribution in [0, 0.1) is 5.41 Å². The molecule has 17 heavy (non-hydrogen) atoms. The van der Waals surface area contributed by atoms with Crippen molar-refractivity contribution in [3.8, 4) is 0 Å². The molecule has 1 atom stereocenters. The van der Waals surface area contributed by atoms with Crippen molar-refractivity contribution in [3.05, 3.63) is 21.3 Å². The molecule has 3 nitrogen and oxygen atoms in total. The molecule has 1 saturated heterocycles. The van der Waals surface area contributed by atoms with Gasteiger partial charge in [0.05, 0.1) is 9.75 Å². The van der Waals surface area contributed by atoms with Crippen molar-refractivity contribution in [1.29, 1.82) is 0 Å². The Labute approximate surface area is 110 Å². The SMILES string of the molecule is CC1(C(=O)O)CCCN(Cc2ccc(Cl)s2)C1.